The molecule has 3 aliphatic rings. The van der Waals surface area contributed by atoms with E-state index in [4.69, 9.17) is 12.6 Å². The summed E-state index contributed by atoms with van der Waals surface area (Å²) in [4.78, 5) is 3.90. The lowest BCUT2D eigenvalue weighted by Gasteiger charge is -2.43. The van der Waals surface area contributed by atoms with Gasteiger partial charge in [0.05, 0.1) is 64.7 Å². The first-order valence-corrected chi connectivity index (χ1v) is 32.1. The second-order valence-electron chi connectivity index (χ2n) is 23.5. The average Bonchev–Trinajstić information content (AvgIpc) is 1.64. The van der Waals surface area contributed by atoms with Gasteiger partial charge in [-0.25, -0.2) is 0 Å². The third-order valence-corrected chi connectivity index (χ3v) is 19.1. The van der Waals surface area contributed by atoms with Crippen molar-refractivity contribution in [3.05, 3.63) is 167 Å². The molecule has 0 saturated heterocycles. The first-order chi connectivity index (χ1) is 43.7. The molecule has 0 unspecified atom stereocenters. The third kappa shape index (κ3) is 7.57. The zero-order valence-corrected chi connectivity index (χ0v) is 45.6. The van der Waals surface area contributed by atoms with E-state index in [2.05, 4.69) is 0 Å². The Bertz CT molecular complexity index is 4820. The summed E-state index contributed by atoms with van der Waals surface area (Å²) in [5, 5.41) is 0.255. The Hall–Kier alpha value is -6.06. The molecule has 0 radical (unpaired) electrons. The second kappa shape index (κ2) is 16.2. The fourth-order valence-electron chi connectivity index (χ4n) is 10.1. The van der Waals surface area contributed by atoms with Crippen LogP contribution in [0.1, 0.15) is 109 Å². The zero-order valence-electron chi connectivity index (χ0n) is 65.8. The van der Waals surface area contributed by atoms with Crippen molar-refractivity contribution in [1.82, 2.24) is 0 Å². The molecule has 12 rings (SSSR count). The minimum atomic E-state index is -2.83. The number of furan rings is 1. The minimum absolute atomic E-state index is 0.0235. The van der Waals surface area contributed by atoms with Crippen molar-refractivity contribution < 1.29 is 35.9 Å². The van der Waals surface area contributed by atoms with Crippen molar-refractivity contribution in [2.24, 2.45) is 0 Å². The molecule has 7 aromatic carbocycles. The van der Waals surface area contributed by atoms with Gasteiger partial charge >= 0.3 is 0 Å². The molecule has 0 bridgehead atoms. The largest absolute Gasteiger partial charge is 0.468 e. The summed E-state index contributed by atoms with van der Waals surface area (Å²) in [7, 11) is -5.64. The van der Waals surface area contributed by atoms with Gasteiger partial charge in [-0.2, -0.15) is 0 Å². The topological polar surface area (TPSA) is 22.9 Å². The first kappa shape index (κ1) is 27.8. The average molecular weight is 1020 g/mol. The van der Waals surface area contributed by atoms with Crippen LogP contribution in [-0.4, -0.2) is 22.9 Å². The van der Waals surface area contributed by atoms with Gasteiger partial charge in [0.15, 0.2) is 0 Å². The Morgan fingerprint density at radius 3 is 1.65 bits per heavy atom. The molecule has 2 aliphatic heterocycles. The summed E-state index contributed by atoms with van der Waals surface area (Å²) in [5.74, 6) is 0. The Morgan fingerprint density at radius 2 is 1.12 bits per heavy atom. The van der Waals surface area contributed by atoms with E-state index in [1.54, 1.807) is 0 Å². The third-order valence-electron chi connectivity index (χ3n) is 14.2. The Morgan fingerprint density at radius 1 is 0.611 bits per heavy atom. The Labute approximate surface area is 466 Å². The highest BCUT2D eigenvalue weighted by Gasteiger charge is 2.48. The number of thiophene rings is 1. The molecule has 2 aromatic heterocycles. The predicted octanol–water partition coefficient (Wildman–Crippen LogP) is 15.9. The summed E-state index contributed by atoms with van der Waals surface area (Å²) in [6, 6.07) is -11.7. The maximum atomic E-state index is 10.8. The molecule has 72 heavy (non-hydrogen) atoms. The van der Waals surface area contributed by atoms with Crippen LogP contribution in [0.2, 0.25) is 39.3 Å². The van der Waals surface area contributed by atoms with E-state index in [1.165, 1.54) is 21.9 Å². The standard InChI is InChI=1S/C64H68BN3OSSi2/c1-62(2,3)58-35-41-34-52-53(40-57(41)70-58)67(44-24-28-47(29-25-44)71(8,9)10)54-36-46(66(42-20-16-14-17-21-42)43-22-18-15-19-23-43)37-55-59(54)65(52)61-60(68(55)45-26-30-48(31-27-45)72(11,12)13)49-38-50-51(39-56(49)69-61)64(6,7)33-32-63(50,4)5/h14-31,34-40H,32-33H2,1-13H3/i14D,15D,16D,17D,18D,19D,20D,21D,22D,23D,24D,25D,26D,27D,28D,29D,30D,31D,34D,35D,38D,39D,40D. The van der Waals surface area contributed by atoms with Crippen LogP contribution in [0.25, 0.3) is 21.1 Å². The van der Waals surface area contributed by atoms with E-state index in [0.717, 1.165) is 16.2 Å². The van der Waals surface area contributed by atoms with Gasteiger partial charge < -0.3 is 19.1 Å². The molecule has 0 fully saturated rings. The van der Waals surface area contributed by atoms with Crippen LogP contribution in [0.4, 0.5) is 51.2 Å². The maximum absolute atomic E-state index is 10.8. The number of para-hydroxylation sites is 2. The van der Waals surface area contributed by atoms with Crippen LogP contribution >= 0.6 is 11.3 Å². The van der Waals surface area contributed by atoms with E-state index in [-0.39, 0.29) is 101 Å². The predicted molar refractivity (Wildman–Crippen MR) is 320 cm³/mol. The van der Waals surface area contributed by atoms with Gasteiger partial charge in [0, 0.05) is 54.8 Å². The van der Waals surface area contributed by atoms with Gasteiger partial charge in [0.2, 0.25) is 0 Å². The van der Waals surface area contributed by atoms with Gasteiger partial charge in [-0.15, -0.1) is 11.3 Å². The van der Waals surface area contributed by atoms with Crippen LogP contribution in [0.3, 0.4) is 0 Å². The van der Waals surface area contributed by atoms with Crippen LogP contribution < -0.4 is 41.7 Å². The van der Waals surface area contributed by atoms with Crippen molar-refractivity contribution in [2.45, 2.75) is 117 Å². The lowest BCUT2D eigenvalue weighted by atomic mass is 9.35. The summed E-state index contributed by atoms with van der Waals surface area (Å²) >= 11 is 1.07. The van der Waals surface area contributed by atoms with Crippen molar-refractivity contribution in [3.63, 3.8) is 0 Å². The van der Waals surface area contributed by atoms with E-state index in [0.29, 0.717) is 28.8 Å². The summed E-state index contributed by atoms with van der Waals surface area (Å²) < 4.78 is 233. The van der Waals surface area contributed by atoms with Crippen molar-refractivity contribution in [3.8, 4) is 0 Å². The molecule has 362 valence electrons. The SMILES string of the molecule is [2H]c1c([2H])c([2H])c(N(c2cc3c4c(c2)N(c2c([2H])c([2H])c([Si](C)(C)C)c([2H])c2[2H])c2c(oc5c([2H])c6c(c([2H])c25)C(C)(C)CCC6(C)C)B4c2c(c([2H])c4sc(C(C)(C)C)c([2H])c4c2[2H])N3c2c([2H])c([2H])c([Si](C)(C)C)c([2H])c2[2H])c2c([2H])c([2H])c([2H])c([2H])c2[2H])c([2H])c1[2H]. The molecule has 9 aromatic rings. The molecule has 0 atom stereocenters. The zero-order chi connectivity index (χ0) is 70.5. The molecule has 4 nitrogen and oxygen atoms in total. The van der Waals surface area contributed by atoms with Gasteiger partial charge in [-0.05, 0) is 141 Å². The molecule has 1 aliphatic carbocycles. The number of rotatable bonds is 7. The molecule has 0 spiro atoms. The lowest BCUT2D eigenvalue weighted by molar-refractivity contribution is 0.332. The first-order valence-electron chi connectivity index (χ1n) is 35.8. The summed E-state index contributed by atoms with van der Waals surface area (Å²) in [5.41, 5.74) is -5.52. The van der Waals surface area contributed by atoms with Crippen LogP contribution in [0.15, 0.2) is 156 Å². The lowest BCUT2D eigenvalue weighted by Crippen LogP contribution is -2.61. The van der Waals surface area contributed by atoms with Gasteiger partial charge in [0.25, 0.3) is 6.71 Å². The van der Waals surface area contributed by atoms with E-state index in [9.17, 15) is 23.3 Å². The number of hydrogen-bond donors (Lipinski definition) is 0. The van der Waals surface area contributed by atoms with Crippen molar-refractivity contribution in [2.75, 3.05) is 14.7 Å². The van der Waals surface area contributed by atoms with Crippen LogP contribution in [0, 0.1) is 0 Å². The van der Waals surface area contributed by atoms with Crippen LogP contribution in [0.5, 0.6) is 0 Å². The number of nitrogens with zero attached hydrogens (tertiary/aromatic N) is 3. The highest BCUT2D eigenvalue weighted by atomic mass is 32.1. The molecular formula is C64H68BN3OSSi2. The summed E-state index contributed by atoms with van der Waals surface area (Å²) in [6.45, 7) is 23.0. The fourth-order valence-corrected chi connectivity index (χ4v) is 12.9. The minimum Gasteiger partial charge on any atom is -0.468 e. The molecule has 0 saturated carbocycles. The fraction of sp³-hybridized carbons (Fsp3) is 0.281. The number of hydrogen-bond acceptors (Lipinski definition) is 5. The molecule has 0 amide bonds. The highest BCUT2D eigenvalue weighted by Crippen LogP contribution is 2.53. The van der Waals surface area contributed by atoms with Crippen LogP contribution in [-0.2, 0) is 16.2 Å². The van der Waals surface area contributed by atoms with E-state index >= 15 is 0 Å². The Kier molecular flexibility index (Phi) is 6.27. The van der Waals surface area contributed by atoms with Gasteiger partial charge in [-0.1, -0.05) is 165 Å². The Balaban J connectivity index is 1.44. The number of fused-ring (bicyclic) bond motifs is 8. The molecule has 0 N–H and O–H groups in total. The van der Waals surface area contributed by atoms with Crippen molar-refractivity contribution in [1.29, 1.82) is 0 Å². The quantitative estimate of drug-likeness (QED) is 0.148. The monoisotopic (exact) mass is 1020 g/mol. The second-order valence-corrected chi connectivity index (χ2v) is 34.6. The van der Waals surface area contributed by atoms with E-state index in [1.807, 2.05) is 87.7 Å². The van der Waals surface area contributed by atoms with Gasteiger partial charge in [-0.3, -0.25) is 0 Å². The highest BCUT2D eigenvalue weighted by molar-refractivity contribution is 7.19. The normalized spacial score (nSPS) is 20.3. The molecular weight excluding hydrogens is 926 g/mol. The summed E-state index contributed by atoms with van der Waals surface area (Å²) in [6.07, 6.45) is 1.15. The van der Waals surface area contributed by atoms with Crippen molar-refractivity contribution >= 4 is 133 Å². The molecule has 4 heterocycles. The smallest absolute Gasteiger partial charge is 0.297 e. The van der Waals surface area contributed by atoms with Gasteiger partial charge in [0.1, 0.15) is 5.58 Å². The number of benzene rings is 7. The van der Waals surface area contributed by atoms with E-state index < -0.39 is 176 Å². The maximum Gasteiger partial charge on any atom is 0.297 e. The number of anilines is 9. The molecule has 8 heteroatoms.